The Morgan fingerprint density at radius 2 is 2.20 bits per heavy atom. The maximum atomic E-state index is 11.1. The van der Waals surface area contributed by atoms with Gasteiger partial charge in [0.1, 0.15) is 0 Å². The molecule has 1 unspecified atom stereocenters. The van der Waals surface area contributed by atoms with Gasteiger partial charge in [0, 0.05) is 6.54 Å². The number of hydrogen-bond acceptors (Lipinski definition) is 5. The van der Waals surface area contributed by atoms with Crippen molar-refractivity contribution in [1.29, 1.82) is 0 Å². The molecule has 5 heteroatoms. The van der Waals surface area contributed by atoms with Crippen molar-refractivity contribution < 1.29 is 14.6 Å². The highest BCUT2D eigenvalue weighted by Crippen LogP contribution is 2.04. The first kappa shape index (κ1) is 14.7. The Bertz CT molecular complexity index is 186. The number of hydrogen-bond donors (Lipinski definition) is 2. The summed E-state index contributed by atoms with van der Waals surface area (Å²) in [7, 11) is 1.27. The van der Waals surface area contributed by atoms with Gasteiger partial charge in [-0.2, -0.15) is 11.8 Å². The largest absolute Gasteiger partial charge is 0.467 e. The topological polar surface area (TPSA) is 58.6 Å². The molecule has 1 atom stereocenters. The molecule has 0 aromatic heterocycles. The third-order valence-corrected chi connectivity index (χ3v) is 2.74. The molecule has 0 aliphatic rings. The molecule has 0 aliphatic heterocycles. The molecule has 0 aromatic carbocycles. The first-order valence-corrected chi connectivity index (χ1v) is 6.44. The predicted octanol–water partition coefficient (Wildman–Crippen LogP) is 0.643. The summed E-state index contributed by atoms with van der Waals surface area (Å²) < 4.78 is 4.48. The fourth-order valence-electron chi connectivity index (χ4n) is 1.12. The summed E-state index contributed by atoms with van der Waals surface area (Å²) >= 11 is 1.82. The molecule has 0 saturated carbocycles. The highest BCUT2D eigenvalue weighted by molar-refractivity contribution is 7.98. The lowest BCUT2D eigenvalue weighted by Crippen LogP contribution is -2.45. The molecular weight excluding hydrogens is 214 g/mol. The highest BCUT2D eigenvalue weighted by atomic mass is 32.2. The summed E-state index contributed by atoms with van der Waals surface area (Å²) in [5.41, 5.74) is -1.42. The van der Waals surface area contributed by atoms with Crippen LogP contribution in [0.3, 0.4) is 0 Å². The summed E-state index contributed by atoms with van der Waals surface area (Å²) in [6.07, 6.45) is 4.28. The van der Waals surface area contributed by atoms with Crippen LogP contribution in [0.25, 0.3) is 0 Å². The van der Waals surface area contributed by atoms with E-state index in [4.69, 9.17) is 0 Å². The molecule has 0 spiro atoms. The van der Waals surface area contributed by atoms with Crippen molar-refractivity contribution in [3.63, 3.8) is 0 Å². The van der Waals surface area contributed by atoms with Gasteiger partial charge in [-0.25, -0.2) is 4.79 Å². The quantitative estimate of drug-likeness (QED) is 0.478. The van der Waals surface area contributed by atoms with Crippen molar-refractivity contribution in [1.82, 2.24) is 5.32 Å². The molecule has 2 N–H and O–H groups in total. The predicted molar refractivity (Wildman–Crippen MR) is 63.1 cm³/mol. The van der Waals surface area contributed by atoms with E-state index < -0.39 is 11.6 Å². The van der Waals surface area contributed by atoms with Crippen LogP contribution < -0.4 is 5.32 Å². The lowest BCUT2D eigenvalue weighted by Gasteiger charge is -2.20. The second-order valence-electron chi connectivity index (χ2n) is 3.64. The Morgan fingerprint density at radius 1 is 1.53 bits per heavy atom. The average molecular weight is 235 g/mol. The fraction of sp³-hybridized carbons (Fsp3) is 0.900. The van der Waals surface area contributed by atoms with E-state index in [0.717, 1.165) is 25.1 Å². The fourth-order valence-corrected chi connectivity index (χ4v) is 1.61. The summed E-state index contributed by atoms with van der Waals surface area (Å²) in [6.45, 7) is 2.50. The molecule has 15 heavy (non-hydrogen) atoms. The van der Waals surface area contributed by atoms with E-state index in [2.05, 4.69) is 16.3 Å². The van der Waals surface area contributed by atoms with Gasteiger partial charge in [0.2, 0.25) is 0 Å². The number of ether oxygens (including phenoxy) is 1. The molecule has 0 aliphatic carbocycles. The third-order valence-electron chi connectivity index (χ3n) is 2.05. The minimum Gasteiger partial charge on any atom is -0.467 e. The first-order valence-electron chi connectivity index (χ1n) is 5.05. The minimum absolute atomic E-state index is 0.235. The van der Waals surface area contributed by atoms with Crippen molar-refractivity contribution in [3.8, 4) is 0 Å². The Kier molecular flexibility index (Phi) is 7.82. The van der Waals surface area contributed by atoms with Crippen LogP contribution in [0.1, 0.15) is 19.8 Å². The van der Waals surface area contributed by atoms with E-state index in [1.807, 2.05) is 11.8 Å². The highest BCUT2D eigenvalue weighted by Gasteiger charge is 2.30. The van der Waals surface area contributed by atoms with Gasteiger partial charge in [-0.15, -0.1) is 0 Å². The summed E-state index contributed by atoms with van der Waals surface area (Å²) in [5.74, 6) is 0.550. The smallest absolute Gasteiger partial charge is 0.338 e. The summed E-state index contributed by atoms with van der Waals surface area (Å²) in [5, 5.41) is 12.7. The standard InChI is InChI=1S/C10H21NO3S/c1-10(13,9(12)14-2)8-11-6-4-5-7-15-3/h11,13H,4-8H2,1-3H3. The van der Waals surface area contributed by atoms with Crippen LogP contribution >= 0.6 is 11.8 Å². The molecule has 0 saturated heterocycles. The van der Waals surface area contributed by atoms with Crippen molar-refractivity contribution >= 4 is 17.7 Å². The van der Waals surface area contributed by atoms with E-state index in [0.29, 0.717) is 0 Å². The third kappa shape index (κ3) is 6.76. The zero-order chi connectivity index (χ0) is 11.7. The van der Waals surface area contributed by atoms with Crippen LogP contribution in [0.4, 0.5) is 0 Å². The molecule has 0 aromatic rings. The maximum absolute atomic E-state index is 11.1. The van der Waals surface area contributed by atoms with Gasteiger partial charge in [0.05, 0.1) is 7.11 Å². The molecule has 0 radical (unpaired) electrons. The van der Waals surface area contributed by atoms with E-state index >= 15 is 0 Å². The van der Waals surface area contributed by atoms with Gasteiger partial charge >= 0.3 is 5.97 Å². The van der Waals surface area contributed by atoms with E-state index in [1.54, 1.807) is 0 Å². The van der Waals surface area contributed by atoms with Crippen molar-refractivity contribution in [2.24, 2.45) is 0 Å². The summed E-state index contributed by atoms with van der Waals surface area (Å²) in [4.78, 5) is 11.1. The van der Waals surface area contributed by atoms with E-state index in [1.165, 1.54) is 14.0 Å². The normalized spacial score (nSPS) is 14.7. The number of carbonyl (C=O) groups is 1. The zero-order valence-corrected chi connectivity index (χ0v) is 10.5. The van der Waals surface area contributed by atoms with E-state index in [-0.39, 0.29) is 6.54 Å². The Balaban J connectivity index is 3.53. The Morgan fingerprint density at radius 3 is 2.73 bits per heavy atom. The van der Waals surface area contributed by atoms with Gasteiger partial charge in [0.25, 0.3) is 0 Å². The van der Waals surface area contributed by atoms with Crippen LogP contribution in [-0.4, -0.2) is 48.9 Å². The molecule has 0 amide bonds. The number of thioether (sulfide) groups is 1. The van der Waals surface area contributed by atoms with Crippen LogP contribution in [0.5, 0.6) is 0 Å². The molecule has 0 heterocycles. The molecule has 0 bridgehead atoms. The number of aliphatic hydroxyl groups is 1. The van der Waals surface area contributed by atoms with Gasteiger partial charge in [0.15, 0.2) is 5.60 Å². The zero-order valence-electron chi connectivity index (χ0n) is 9.71. The number of rotatable bonds is 8. The number of methoxy groups -OCH3 is 1. The number of carbonyl (C=O) groups excluding carboxylic acids is 1. The number of nitrogens with one attached hydrogen (secondary N) is 1. The van der Waals surface area contributed by atoms with Gasteiger partial charge in [-0.05, 0) is 38.3 Å². The molecule has 0 fully saturated rings. The monoisotopic (exact) mass is 235 g/mol. The maximum Gasteiger partial charge on any atom is 0.338 e. The van der Waals surface area contributed by atoms with Crippen LogP contribution in [-0.2, 0) is 9.53 Å². The second kappa shape index (κ2) is 7.96. The second-order valence-corrected chi connectivity index (χ2v) is 4.63. The van der Waals surface area contributed by atoms with Crippen LogP contribution in [0.2, 0.25) is 0 Å². The van der Waals surface area contributed by atoms with Gasteiger partial charge in [-0.1, -0.05) is 0 Å². The lowest BCUT2D eigenvalue weighted by atomic mass is 10.1. The van der Waals surface area contributed by atoms with Crippen molar-refractivity contribution in [2.75, 3.05) is 32.2 Å². The molecule has 90 valence electrons. The Hall–Kier alpha value is -0.260. The van der Waals surface area contributed by atoms with E-state index in [9.17, 15) is 9.90 Å². The average Bonchev–Trinajstić information content (AvgIpc) is 2.22. The number of unbranched alkanes of at least 4 members (excludes halogenated alkanes) is 1. The lowest BCUT2D eigenvalue weighted by molar-refractivity contribution is -0.159. The minimum atomic E-state index is -1.42. The molecule has 0 rings (SSSR count). The number of esters is 1. The SMILES string of the molecule is COC(=O)C(C)(O)CNCCCCSC. The molecule has 4 nitrogen and oxygen atoms in total. The van der Waals surface area contributed by atoms with Gasteiger partial charge < -0.3 is 15.2 Å². The van der Waals surface area contributed by atoms with Gasteiger partial charge in [-0.3, -0.25) is 0 Å². The van der Waals surface area contributed by atoms with Crippen LogP contribution in [0.15, 0.2) is 0 Å². The van der Waals surface area contributed by atoms with Crippen LogP contribution in [0, 0.1) is 0 Å². The van der Waals surface area contributed by atoms with Crippen molar-refractivity contribution in [2.45, 2.75) is 25.4 Å². The molecular formula is C10H21NO3S. The first-order chi connectivity index (χ1) is 7.04. The Labute approximate surface area is 95.8 Å². The summed E-state index contributed by atoms with van der Waals surface area (Å²) in [6, 6.07) is 0. The van der Waals surface area contributed by atoms with Crippen molar-refractivity contribution in [3.05, 3.63) is 0 Å².